The van der Waals surface area contributed by atoms with Crippen molar-refractivity contribution in [2.75, 3.05) is 23.4 Å². The van der Waals surface area contributed by atoms with Gasteiger partial charge in [0.15, 0.2) is 0 Å². The van der Waals surface area contributed by atoms with Crippen molar-refractivity contribution in [1.29, 1.82) is 0 Å². The van der Waals surface area contributed by atoms with Gasteiger partial charge in [-0.1, -0.05) is 23.7 Å². The first kappa shape index (κ1) is 18.8. The highest BCUT2D eigenvalue weighted by Crippen LogP contribution is 2.25. The molecule has 2 aromatic carbocycles. The van der Waals surface area contributed by atoms with Gasteiger partial charge in [0.1, 0.15) is 12.3 Å². The molecule has 0 unspecified atom stereocenters. The maximum atomic E-state index is 12.4. The summed E-state index contributed by atoms with van der Waals surface area (Å²) in [5.41, 5.74) is 2.06. The molecule has 2 aromatic rings. The minimum Gasteiger partial charge on any atom is -0.492 e. The second-order valence-corrected chi connectivity index (χ2v) is 5.95. The van der Waals surface area contributed by atoms with Crippen molar-refractivity contribution in [2.45, 2.75) is 20.8 Å². The fraction of sp³-hybridized carbons (Fsp3) is 0.263. The summed E-state index contributed by atoms with van der Waals surface area (Å²) < 4.78 is 5.50. The zero-order valence-corrected chi connectivity index (χ0v) is 15.3. The molecule has 0 aliphatic heterocycles. The number of hydrogen-bond acceptors (Lipinski definition) is 3. The van der Waals surface area contributed by atoms with Crippen LogP contribution >= 0.6 is 11.6 Å². The van der Waals surface area contributed by atoms with Crippen molar-refractivity contribution in [1.82, 2.24) is 0 Å². The van der Waals surface area contributed by atoms with Crippen LogP contribution < -0.4 is 15.0 Å². The van der Waals surface area contributed by atoms with E-state index in [-0.39, 0.29) is 18.4 Å². The molecule has 0 atom stereocenters. The van der Waals surface area contributed by atoms with Gasteiger partial charge < -0.3 is 15.0 Å². The molecule has 6 heteroatoms. The predicted octanol–water partition coefficient (Wildman–Crippen LogP) is 4.04. The van der Waals surface area contributed by atoms with Crippen LogP contribution in [0.3, 0.4) is 0 Å². The van der Waals surface area contributed by atoms with Crippen LogP contribution in [0.25, 0.3) is 0 Å². The number of anilines is 2. The number of hydrogen-bond donors (Lipinski definition) is 1. The number of carbonyl (C=O) groups is 2. The van der Waals surface area contributed by atoms with Gasteiger partial charge in [0.25, 0.3) is 0 Å². The van der Waals surface area contributed by atoms with Gasteiger partial charge in [-0.15, -0.1) is 0 Å². The van der Waals surface area contributed by atoms with Crippen molar-refractivity contribution >= 4 is 34.8 Å². The van der Waals surface area contributed by atoms with Crippen LogP contribution in [0.4, 0.5) is 11.4 Å². The lowest BCUT2D eigenvalue weighted by atomic mass is 10.1. The third kappa shape index (κ3) is 4.97. The summed E-state index contributed by atoms with van der Waals surface area (Å²) in [4.78, 5) is 25.9. The van der Waals surface area contributed by atoms with Crippen LogP contribution in [-0.4, -0.2) is 25.0 Å². The summed E-state index contributed by atoms with van der Waals surface area (Å²) in [5, 5.41) is 3.38. The number of halogens is 1. The number of benzene rings is 2. The number of aryl methyl sites for hydroxylation is 1. The molecule has 0 aliphatic carbocycles. The second kappa shape index (κ2) is 8.53. The number of para-hydroxylation sites is 2. The lowest BCUT2D eigenvalue weighted by Gasteiger charge is -2.23. The van der Waals surface area contributed by atoms with Gasteiger partial charge in [-0.25, -0.2) is 0 Å². The summed E-state index contributed by atoms with van der Waals surface area (Å²) in [6.45, 7) is 5.54. The summed E-state index contributed by atoms with van der Waals surface area (Å²) in [6, 6.07) is 12.4. The van der Waals surface area contributed by atoms with E-state index in [9.17, 15) is 9.59 Å². The fourth-order valence-corrected chi connectivity index (χ4v) is 2.70. The second-order valence-electron chi connectivity index (χ2n) is 5.51. The predicted molar refractivity (Wildman–Crippen MR) is 100 cm³/mol. The quantitative estimate of drug-likeness (QED) is 0.845. The van der Waals surface area contributed by atoms with E-state index in [1.165, 1.54) is 11.8 Å². The average molecular weight is 361 g/mol. The minimum atomic E-state index is -0.309. The molecule has 25 heavy (non-hydrogen) atoms. The van der Waals surface area contributed by atoms with Crippen LogP contribution in [0.5, 0.6) is 5.75 Å². The smallest absolute Gasteiger partial charge is 0.244 e. The van der Waals surface area contributed by atoms with Gasteiger partial charge in [0, 0.05) is 17.6 Å². The maximum Gasteiger partial charge on any atom is 0.244 e. The Hall–Kier alpha value is -2.53. The Morgan fingerprint density at radius 3 is 2.56 bits per heavy atom. The Morgan fingerprint density at radius 2 is 1.92 bits per heavy atom. The summed E-state index contributed by atoms with van der Waals surface area (Å²) in [7, 11) is 0. The van der Waals surface area contributed by atoms with E-state index >= 15 is 0 Å². The molecule has 0 aliphatic rings. The molecule has 2 rings (SSSR count). The van der Waals surface area contributed by atoms with Gasteiger partial charge in [0.05, 0.1) is 12.3 Å². The number of rotatable bonds is 6. The largest absolute Gasteiger partial charge is 0.492 e. The van der Waals surface area contributed by atoms with Crippen LogP contribution in [0.15, 0.2) is 42.5 Å². The molecule has 0 fully saturated rings. The molecular formula is C19H21ClN2O3. The summed E-state index contributed by atoms with van der Waals surface area (Å²) >= 11 is 5.96. The molecule has 2 amide bonds. The van der Waals surface area contributed by atoms with Crippen molar-refractivity contribution in [3.8, 4) is 5.75 Å². The lowest BCUT2D eigenvalue weighted by Crippen LogP contribution is -2.37. The Bertz CT molecular complexity index is 777. The van der Waals surface area contributed by atoms with E-state index in [1.807, 2.05) is 26.0 Å². The van der Waals surface area contributed by atoms with Gasteiger partial charge in [-0.05, 0) is 49.7 Å². The van der Waals surface area contributed by atoms with E-state index in [2.05, 4.69) is 5.32 Å². The Morgan fingerprint density at radius 1 is 1.20 bits per heavy atom. The first-order valence-electron chi connectivity index (χ1n) is 7.98. The number of amides is 2. The van der Waals surface area contributed by atoms with E-state index in [0.29, 0.717) is 28.8 Å². The van der Waals surface area contributed by atoms with Crippen molar-refractivity contribution in [3.63, 3.8) is 0 Å². The molecule has 0 heterocycles. The number of ether oxygens (including phenoxy) is 1. The highest BCUT2D eigenvalue weighted by molar-refractivity contribution is 6.30. The van der Waals surface area contributed by atoms with Gasteiger partial charge in [-0.3, -0.25) is 9.59 Å². The molecule has 0 bridgehead atoms. The van der Waals surface area contributed by atoms with Gasteiger partial charge in [-0.2, -0.15) is 0 Å². The third-order valence-electron chi connectivity index (χ3n) is 3.59. The van der Waals surface area contributed by atoms with E-state index in [0.717, 1.165) is 5.56 Å². The molecule has 0 aromatic heterocycles. The maximum absolute atomic E-state index is 12.4. The molecular weight excluding hydrogens is 340 g/mol. The van der Waals surface area contributed by atoms with Gasteiger partial charge in [0.2, 0.25) is 11.8 Å². The average Bonchev–Trinajstić information content (AvgIpc) is 2.55. The van der Waals surface area contributed by atoms with E-state index in [1.54, 1.807) is 30.3 Å². The first-order valence-corrected chi connectivity index (χ1v) is 8.36. The van der Waals surface area contributed by atoms with Crippen LogP contribution in [0, 0.1) is 6.92 Å². The van der Waals surface area contributed by atoms with Crippen LogP contribution in [0.1, 0.15) is 19.4 Å². The third-order valence-corrected chi connectivity index (χ3v) is 3.83. The zero-order valence-electron chi connectivity index (χ0n) is 14.5. The molecule has 1 N–H and O–H groups in total. The number of nitrogens with one attached hydrogen (secondary N) is 1. The van der Waals surface area contributed by atoms with Crippen molar-refractivity contribution in [3.05, 3.63) is 53.1 Å². The number of nitrogens with zero attached hydrogens (tertiary/aromatic N) is 1. The molecule has 0 saturated heterocycles. The monoisotopic (exact) mass is 360 g/mol. The first-order chi connectivity index (χ1) is 11.9. The number of carbonyl (C=O) groups excluding carboxylic acids is 2. The lowest BCUT2D eigenvalue weighted by molar-refractivity contribution is -0.120. The highest BCUT2D eigenvalue weighted by atomic mass is 35.5. The Balaban J connectivity index is 2.17. The van der Waals surface area contributed by atoms with Crippen LogP contribution in [-0.2, 0) is 9.59 Å². The molecule has 0 saturated carbocycles. The highest BCUT2D eigenvalue weighted by Gasteiger charge is 2.18. The van der Waals surface area contributed by atoms with E-state index in [4.69, 9.17) is 16.3 Å². The molecule has 5 nitrogen and oxygen atoms in total. The molecule has 0 radical (unpaired) electrons. The Labute approximate surface area is 152 Å². The summed E-state index contributed by atoms with van der Waals surface area (Å²) in [6.07, 6.45) is 0. The molecule has 132 valence electrons. The summed E-state index contributed by atoms with van der Waals surface area (Å²) in [5.74, 6) is 0.0609. The fourth-order valence-electron chi connectivity index (χ4n) is 2.47. The topological polar surface area (TPSA) is 58.6 Å². The SMILES string of the molecule is CCOc1ccccc1NC(=O)CN(C(C)=O)c1ccc(Cl)cc1C. The zero-order chi connectivity index (χ0) is 18.4. The van der Waals surface area contributed by atoms with Crippen LogP contribution in [0.2, 0.25) is 5.02 Å². The minimum absolute atomic E-state index is 0.0989. The Kier molecular flexibility index (Phi) is 6.42. The molecule has 0 spiro atoms. The van der Waals surface area contributed by atoms with Crippen molar-refractivity contribution < 1.29 is 14.3 Å². The normalized spacial score (nSPS) is 10.2. The van der Waals surface area contributed by atoms with Gasteiger partial charge >= 0.3 is 0 Å². The van der Waals surface area contributed by atoms with E-state index < -0.39 is 0 Å². The standard InChI is InChI=1S/C19H21ClN2O3/c1-4-25-18-8-6-5-7-16(18)21-19(24)12-22(14(3)23)17-10-9-15(20)11-13(17)2/h5-11H,4,12H2,1-3H3,(H,21,24). The van der Waals surface area contributed by atoms with Crippen molar-refractivity contribution in [2.24, 2.45) is 0 Å².